The van der Waals surface area contributed by atoms with E-state index < -0.39 is 0 Å². The number of amides is 1. The quantitative estimate of drug-likeness (QED) is 0.662. The number of carbonyl (C=O) groups is 1. The fraction of sp³-hybridized carbons (Fsp3) is 0.375. The Morgan fingerprint density at radius 1 is 1.55 bits per heavy atom. The minimum atomic E-state index is -0.338. The van der Waals surface area contributed by atoms with Crippen LogP contribution >= 0.6 is 0 Å². The largest absolute Gasteiger partial charge is 0.496 e. The van der Waals surface area contributed by atoms with Gasteiger partial charge in [-0.05, 0) is 49.6 Å². The highest BCUT2D eigenvalue weighted by molar-refractivity contribution is 6.01. The summed E-state index contributed by atoms with van der Waals surface area (Å²) in [5.41, 5.74) is 1.87. The minimum Gasteiger partial charge on any atom is -0.496 e. The van der Waals surface area contributed by atoms with Crippen molar-refractivity contribution >= 4 is 12.0 Å². The zero-order chi connectivity index (χ0) is 15.1. The van der Waals surface area contributed by atoms with Gasteiger partial charge in [-0.2, -0.15) is 5.26 Å². The Labute approximate surface area is 120 Å². The summed E-state index contributed by atoms with van der Waals surface area (Å²) in [6.07, 6.45) is 2.41. The van der Waals surface area contributed by atoms with Gasteiger partial charge < -0.3 is 10.1 Å². The fourth-order valence-electron chi connectivity index (χ4n) is 1.71. The maximum atomic E-state index is 11.9. The van der Waals surface area contributed by atoms with Crippen LogP contribution in [0.25, 0.3) is 6.08 Å². The van der Waals surface area contributed by atoms with Gasteiger partial charge in [0.15, 0.2) is 0 Å². The van der Waals surface area contributed by atoms with Crippen molar-refractivity contribution in [2.75, 3.05) is 7.11 Å². The summed E-state index contributed by atoms with van der Waals surface area (Å²) in [6, 6.07) is 7.52. The number of benzene rings is 1. The van der Waals surface area contributed by atoms with Crippen LogP contribution in [0.1, 0.15) is 31.4 Å². The van der Waals surface area contributed by atoms with Crippen LogP contribution in [0.3, 0.4) is 0 Å². The topological polar surface area (TPSA) is 62.1 Å². The lowest BCUT2D eigenvalue weighted by atomic mass is 10.1. The molecule has 1 amide bonds. The predicted octanol–water partition coefficient (Wildman–Crippen LogP) is 2.83. The van der Waals surface area contributed by atoms with Crippen LogP contribution in [-0.4, -0.2) is 19.1 Å². The minimum absolute atomic E-state index is 0.0526. The summed E-state index contributed by atoms with van der Waals surface area (Å²) in [4.78, 5) is 11.9. The average molecular weight is 272 g/mol. The molecular formula is C16H20N2O2. The van der Waals surface area contributed by atoms with Gasteiger partial charge in [-0.15, -0.1) is 0 Å². The van der Waals surface area contributed by atoms with Crippen molar-refractivity contribution in [2.45, 2.75) is 33.2 Å². The molecule has 1 N–H and O–H groups in total. The summed E-state index contributed by atoms with van der Waals surface area (Å²) in [7, 11) is 1.61. The van der Waals surface area contributed by atoms with E-state index in [1.807, 2.05) is 45.0 Å². The summed E-state index contributed by atoms with van der Waals surface area (Å²) >= 11 is 0. The maximum Gasteiger partial charge on any atom is 0.262 e. The Kier molecular flexibility index (Phi) is 5.79. The molecule has 1 aromatic carbocycles. The molecule has 1 atom stereocenters. The van der Waals surface area contributed by atoms with Crippen LogP contribution in [0.2, 0.25) is 0 Å². The molecule has 0 heterocycles. The van der Waals surface area contributed by atoms with Crippen molar-refractivity contribution < 1.29 is 9.53 Å². The molecule has 106 valence electrons. The molecular weight excluding hydrogens is 252 g/mol. The second kappa shape index (κ2) is 7.34. The maximum absolute atomic E-state index is 11.9. The number of hydrogen-bond donors (Lipinski definition) is 1. The van der Waals surface area contributed by atoms with Gasteiger partial charge in [0.25, 0.3) is 5.91 Å². The van der Waals surface area contributed by atoms with Gasteiger partial charge in [-0.1, -0.05) is 13.0 Å². The lowest BCUT2D eigenvalue weighted by Gasteiger charge is -2.10. The van der Waals surface area contributed by atoms with Crippen LogP contribution in [0.4, 0.5) is 0 Å². The molecule has 1 aromatic rings. The van der Waals surface area contributed by atoms with Gasteiger partial charge in [0.05, 0.1) is 7.11 Å². The molecule has 0 bridgehead atoms. The van der Waals surface area contributed by atoms with Gasteiger partial charge in [-0.25, -0.2) is 0 Å². The lowest BCUT2D eigenvalue weighted by Crippen LogP contribution is -2.32. The van der Waals surface area contributed by atoms with Crippen molar-refractivity contribution in [1.29, 1.82) is 5.26 Å². The molecule has 0 aliphatic carbocycles. The Bertz CT molecular complexity index is 556. The summed E-state index contributed by atoms with van der Waals surface area (Å²) in [5.74, 6) is 0.444. The molecule has 4 heteroatoms. The van der Waals surface area contributed by atoms with Gasteiger partial charge in [-0.3, -0.25) is 4.79 Å². The molecule has 0 aliphatic heterocycles. The first-order valence-corrected chi connectivity index (χ1v) is 6.59. The van der Waals surface area contributed by atoms with E-state index in [1.165, 1.54) is 0 Å². The van der Waals surface area contributed by atoms with E-state index in [0.29, 0.717) is 0 Å². The molecule has 0 fully saturated rings. The van der Waals surface area contributed by atoms with Crippen LogP contribution in [0.5, 0.6) is 5.75 Å². The van der Waals surface area contributed by atoms with Crippen molar-refractivity contribution in [3.8, 4) is 11.8 Å². The zero-order valence-electron chi connectivity index (χ0n) is 12.4. The molecule has 0 saturated carbocycles. The highest BCUT2D eigenvalue weighted by Crippen LogP contribution is 2.20. The third kappa shape index (κ3) is 4.13. The Hall–Kier alpha value is -2.28. The Balaban J connectivity index is 2.97. The molecule has 0 saturated heterocycles. The third-order valence-corrected chi connectivity index (χ3v) is 3.08. The zero-order valence-corrected chi connectivity index (χ0v) is 12.4. The summed E-state index contributed by atoms with van der Waals surface area (Å²) in [5, 5.41) is 11.9. The smallest absolute Gasteiger partial charge is 0.262 e. The van der Waals surface area contributed by atoms with Gasteiger partial charge in [0, 0.05) is 6.04 Å². The van der Waals surface area contributed by atoms with E-state index in [-0.39, 0.29) is 17.5 Å². The molecule has 0 unspecified atom stereocenters. The van der Waals surface area contributed by atoms with Gasteiger partial charge in [0.1, 0.15) is 17.4 Å². The number of ether oxygens (including phenoxy) is 1. The van der Waals surface area contributed by atoms with Crippen molar-refractivity contribution in [3.05, 3.63) is 34.9 Å². The van der Waals surface area contributed by atoms with E-state index in [1.54, 1.807) is 13.2 Å². The molecule has 20 heavy (non-hydrogen) atoms. The standard InChI is InChI=1S/C16H20N2O2/c1-5-12(3)18-16(19)14(10-17)9-13-6-7-15(20-4)11(2)8-13/h6-9,12H,5H2,1-4H3,(H,18,19)/b14-9+/t12-/m0/s1. The number of hydrogen-bond acceptors (Lipinski definition) is 3. The first kappa shape index (κ1) is 15.8. The number of nitriles is 1. The normalized spacial score (nSPS) is 12.4. The number of nitrogens with zero attached hydrogens (tertiary/aromatic N) is 1. The number of carbonyl (C=O) groups excluding carboxylic acids is 1. The van der Waals surface area contributed by atoms with Crippen LogP contribution in [-0.2, 0) is 4.79 Å². The van der Waals surface area contributed by atoms with E-state index in [9.17, 15) is 4.79 Å². The second-order valence-electron chi connectivity index (χ2n) is 4.68. The Morgan fingerprint density at radius 3 is 2.75 bits per heavy atom. The number of aryl methyl sites for hydroxylation is 1. The second-order valence-corrected chi connectivity index (χ2v) is 4.68. The highest BCUT2D eigenvalue weighted by atomic mass is 16.5. The molecule has 0 radical (unpaired) electrons. The van der Waals surface area contributed by atoms with Gasteiger partial charge in [0.2, 0.25) is 0 Å². The number of rotatable bonds is 5. The van der Waals surface area contributed by atoms with Crippen LogP contribution in [0.15, 0.2) is 23.8 Å². The predicted molar refractivity (Wildman–Crippen MR) is 79.2 cm³/mol. The number of methoxy groups -OCH3 is 1. The van der Waals surface area contributed by atoms with E-state index in [0.717, 1.165) is 23.3 Å². The fourth-order valence-corrected chi connectivity index (χ4v) is 1.71. The average Bonchev–Trinajstić information content (AvgIpc) is 2.44. The van der Waals surface area contributed by atoms with E-state index in [2.05, 4.69) is 5.32 Å². The van der Waals surface area contributed by atoms with Crippen molar-refractivity contribution in [3.63, 3.8) is 0 Å². The van der Waals surface area contributed by atoms with E-state index in [4.69, 9.17) is 10.00 Å². The summed E-state index contributed by atoms with van der Waals surface area (Å²) in [6.45, 7) is 5.80. The first-order chi connectivity index (χ1) is 9.51. The van der Waals surface area contributed by atoms with Crippen molar-refractivity contribution in [1.82, 2.24) is 5.32 Å². The van der Waals surface area contributed by atoms with Crippen molar-refractivity contribution in [2.24, 2.45) is 0 Å². The highest BCUT2D eigenvalue weighted by Gasteiger charge is 2.11. The first-order valence-electron chi connectivity index (χ1n) is 6.59. The molecule has 0 aromatic heterocycles. The summed E-state index contributed by atoms with van der Waals surface area (Å²) < 4.78 is 5.18. The van der Waals surface area contributed by atoms with E-state index >= 15 is 0 Å². The molecule has 0 spiro atoms. The lowest BCUT2D eigenvalue weighted by molar-refractivity contribution is -0.117. The van der Waals surface area contributed by atoms with Crippen LogP contribution < -0.4 is 10.1 Å². The number of nitrogens with one attached hydrogen (secondary N) is 1. The molecule has 1 rings (SSSR count). The molecule has 0 aliphatic rings. The van der Waals surface area contributed by atoms with Crippen LogP contribution in [0, 0.1) is 18.3 Å². The molecule has 4 nitrogen and oxygen atoms in total. The SMILES string of the molecule is CC[C@H](C)NC(=O)/C(C#N)=C/c1ccc(OC)c(C)c1. The third-order valence-electron chi connectivity index (χ3n) is 3.08. The van der Waals surface area contributed by atoms with Gasteiger partial charge >= 0.3 is 0 Å². The monoisotopic (exact) mass is 272 g/mol. The Morgan fingerprint density at radius 2 is 2.25 bits per heavy atom.